The summed E-state index contributed by atoms with van der Waals surface area (Å²) >= 11 is 0. The number of rotatable bonds is 2. The Morgan fingerprint density at radius 3 is 2.50 bits per heavy atom. The van der Waals surface area contributed by atoms with Gasteiger partial charge in [-0.2, -0.15) is 0 Å². The van der Waals surface area contributed by atoms with Gasteiger partial charge in [-0.3, -0.25) is 9.88 Å². The summed E-state index contributed by atoms with van der Waals surface area (Å²) in [5.41, 5.74) is 1.31. The summed E-state index contributed by atoms with van der Waals surface area (Å²) in [7, 11) is 4.21. The van der Waals surface area contributed by atoms with Crippen LogP contribution < -0.4 is 5.32 Å². The number of aliphatic carboxylic acids is 2. The molecule has 1 unspecified atom stereocenters. The Balaban J connectivity index is 0.000000286. The van der Waals surface area contributed by atoms with E-state index in [2.05, 4.69) is 28.3 Å². The van der Waals surface area contributed by atoms with Crippen LogP contribution in [-0.4, -0.2) is 58.7 Å². The first kappa shape index (κ1) is 16.1. The molecule has 3 N–H and O–H groups in total. The van der Waals surface area contributed by atoms with Gasteiger partial charge in [0.25, 0.3) is 0 Å². The molecule has 0 bridgehead atoms. The predicted molar refractivity (Wildman–Crippen MR) is 72.3 cm³/mol. The van der Waals surface area contributed by atoms with Crippen molar-refractivity contribution in [1.29, 1.82) is 0 Å². The lowest BCUT2D eigenvalue weighted by atomic mass is 10.0. The van der Waals surface area contributed by atoms with E-state index >= 15 is 0 Å². The van der Waals surface area contributed by atoms with E-state index in [0.717, 1.165) is 6.54 Å². The maximum absolute atomic E-state index is 9.10. The number of carboxylic acid groups (broad SMARTS) is 2. The van der Waals surface area contributed by atoms with E-state index in [4.69, 9.17) is 19.8 Å². The van der Waals surface area contributed by atoms with E-state index in [9.17, 15) is 0 Å². The summed E-state index contributed by atoms with van der Waals surface area (Å²) < 4.78 is 0. The second-order valence-corrected chi connectivity index (χ2v) is 4.51. The zero-order valence-corrected chi connectivity index (χ0v) is 11.5. The molecule has 1 aromatic rings. The van der Waals surface area contributed by atoms with Crippen molar-refractivity contribution >= 4 is 11.9 Å². The van der Waals surface area contributed by atoms with Crippen LogP contribution in [0.1, 0.15) is 18.0 Å². The summed E-state index contributed by atoms with van der Waals surface area (Å²) in [5, 5.41) is 18.2. The van der Waals surface area contributed by atoms with Crippen LogP contribution in [-0.2, 0) is 9.59 Å². The van der Waals surface area contributed by atoms with Crippen LogP contribution in [0.2, 0.25) is 0 Å². The summed E-state index contributed by atoms with van der Waals surface area (Å²) in [5.74, 6) is -3.65. The molecule has 2 heterocycles. The highest BCUT2D eigenvalue weighted by Crippen LogP contribution is 2.29. The molecular formula is C13H19N3O4. The number of likely N-dealkylation sites (N-methyl/N-ethyl adjacent to an activating group) is 2. The second-order valence-electron chi connectivity index (χ2n) is 4.51. The smallest absolute Gasteiger partial charge is 0.414 e. The molecule has 0 amide bonds. The van der Waals surface area contributed by atoms with Crippen molar-refractivity contribution in [2.24, 2.45) is 0 Å². The molecule has 2 rings (SSSR count). The molecule has 0 aromatic carbocycles. The zero-order valence-electron chi connectivity index (χ0n) is 11.5. The molecule has 7 nitrogen and oxygen atoms in total. The topological polar surface area (TPSA) is 103 Å². The van der Waals surface area contributed by atoms with Gasteiger partial charge < -0.3 is 15.5 Å². The van der Waals surface area contributed by atoms with Crippen LogP contribution in [0, 0.1) is 0 Å². The number of nitrogens with one attached hydrogen (secondary N) is 1. The number of nitrogens with zero attached hydrogens (tertiary/aromatic N) is 2. The normalized spacial score (nSPS) is 21.9. The van der Waals surface area contributed by atoms with Gasteiger partial charge in [-0.25, -0.2) is 9.59 Å². The van der Waals surface area contributed by atoms with Gasteiger partial charge in [-0.15, -0.1) is 0 Å². The number of hydrogen-bond donors (Lipinski definition) is 3. The molecule has 7 heteroatoms. The van der Waals surface area contributed by atoms with Crippen molar-refractivity contribution in [3.05, 3.63) is 30.1 Å². The minimum atomic E-state index is -1.82. The lowest BCUT2D eigenvalue weighted by molar-refractivity contribution is -0.159. The zero-order chi connectivity index (χ0) is 15.1. The minimum Gasteiger partial charge on any atom is -0.473 e. The maximum Gasteiger partial charge on any atom is 0.414 e. The Labute approximate surface area is 117 Å². The average Bonchev–Trinajstić information content (AvgIpc) is 2.81. The molecular weight excluding hydrogens is 262 g/mol. The van der Waals surface area contributed by atoms with Gasteiger partial charge in [0.1, 0.15) is 0 Å². The van der Waals surface area contributed by atoms with Crippen molar-refractivity contribution in [2.45, 2.75) is 18.5 Å². The van der Waals surface area contributed by atoms with Gasteiger partial charge in [0.15, 0.2) is 0 Å². The Morgan fingerprint density at radius 1 is 1.40 bits per heavy atom. The van der Waals surface area contributed by atoms with Crippen LogP contribution in [0.5, 0.6) is 0 Å². The van der Waals surface area contributed by atoms with Gasteiger partial charge >= 0.3 is 11.9 Å². The number of carbonyl (C=O) groups is 2. The molecule has 1 saturated heterocycles. The number of aromatic nitrogens is 1. The molecule has 1 fully saturated rings. The summed E-state index contributed by atoms with van der Waals surface area (Å²) in [6.45, 7) is 1.16. The molecule has 110 valence electrons. The Morgan fingerprint density at radius 2 is 2.05 bits per heavy atom. The number of likely N-dealkylation sites (tertiary alicyclic amines) is 1. The lowest BCUT2D eigenvalue weighted by Gasteiger charge is -2.24. The molecule has 0 saturated carbocycles. The van der Waals surface area contributed by atoms with Crippen LogP contribution in [0.3, 0.4) is 0 Å². The van der Waals surface area contributed by atoms with Crippen LogP contribution in [0.15, 0.2) is 24.5 Å². The quantitative estimate of drug-likeness (QED) is 0.665. The molecule has 0 radical (unpaired) electrons. The highest BCUT2D eigenvalue weighted by molar-refractivity contribution is 6.27. The van der Waals surface area contributed by atoms with E-state index in [0.29, 0.717) is 12.1 Å². The molecule has 0 aliphatic carbocycles. The molecule has 20 heavy (non-hydrogen) atoms. The van der Waals surface area contributed by atoms with Gasteiger partial charge in [-0.05, 0) is 32.1 Å². The third-order valence-corrected chi connectivity index (χ3v) is 3.23. The summed E-state index contributed by atoms with van der Waals surface area (Å²) in [6, 6.07) is 5.20. The Kier molecular flexibility index (Phi) is 6.08. The van der Waals surface area contributed by atoms with E-state index in [1.54, 1.807) is 0 Å². The van der Waals surface area contributed by atoms with Gasteiger partial charge in [-0.1, -0.05) is 6.07 Å². The van der Waals surface area contributed by atoms with Crippen molar-refractivity contribution in [1.82, 2.24) is 15.2 Å². The largest absolute Gasteiger partial charge is 0.473 e. The third-order valence-electron chi connectivity index (χ3n) is 3.23. The summed E-state index contributed by atoms with van der Waals surface area (Å²) in [4.78, 5) is 24.8. The minimum absolute atomic E-state index is 0.480. The number of hydrogen-bond acceptors (Lipinski definition) is 5. The fraction of sp³-hybridized carbons (Fsp3) is 0.462. The van der Waals surface area contributed by atoms with Crippen molar-refractivity contribution in [2.75, 3.05) is 20.6 Å². The van der Waals surface area contributed by atoms with E-state index in [1.807, 2.05) is 25.5 Å². The molecule has 1 aromatic heterocycles. The highest BCUT2D eigenvalue weighted by Gasteiger charge is 2.31. The van der Waals surface area contributed by atoms with E-state index in [1.165, 1.54) is 12.0 Å². The first-order chi connectivity index (χ1) is 9.47. The van der Waals surface area contributed by atoms with Crippen molar-refractivity contribution in [3.8, 4) is 0 Å². The standard InChI is InChI=1S/C11H17N3.C2H2O4/c1-12-10-5-7-14(2)11(10)9-4-3-6-13-8-9;3-1(4)2(5)6/h3-4,6,8,10-12H,5,7H2,1-2H3;(H,3,4)(H,5,6)/t10?,11-;/m1./s1. The monoisotopic (exact) mass is 281 g/mol. The lowest BCUT2D eigenvalue weighted by Crippen LogP contribution is -2.32. The van der Waals surface area contributed by atoms with Crippen LogP contribution in [0.4, 0.5) is 0 Å². The first-order valence-corrected chi connectivity index (χ1v) is 6.21. The van der Waals surface area contributed by atoms with Crippen molar-refractivity contribution < 1.29 is 19.8 Å². The molecule has 1 aliphatic rings. The Hall–Kier alpha value is -1.99. The van der Waals surface area contributed by atoms with Crippen LogP contribution >= 0.6 is 0 Å². The van der Waals surface area contributed by atoms with Crippen molar-refractivity contribution in [3.63, 3.8) is 0 Å². The average molecular weight is 281 g/mol. The van der Waals surface area contributed by atoms with Gasteiger partial charge in [0.2, 0.25) is 0 Å². The van der Waals surface area contributed by atoms with Gasteiger partial charge in [0, 0.05) is 25.0 Å². The predicted octanol–water partition coefficient (Wildman–Crippen LogP) is 0.202. The maximum atomic E-state index is 9.10. The molecule has 2 atom stereocenters. The SMILES string of the molecule is CNC1CCN(C)[C@@H]1c1cccnc1.O=C(O)C(=O)O. The van der Waals surface area contributed by atoms with Crippen LogP contribution in [0.25, 0.3) is 0 Å². The van der Waals surface area contributed by atoms with E-state index in [-0.39, 0.29) is 0 Å². The van der Waals surface area contributed by atoms with Gasteiger partial charge in [0.05, 0.1) is 6.04 Å². The van der Waals surface area contributed by atoms with E-state index < -0.39 is 11.9 Å². The fourth-order valence-corrected chi connectivity index (χ4v) is 2.29. The molecule has 1 aliphatic heterocycles. The highest BCUT2D eigenvalue weighted by atomic mass is 16.4. The fourth-order valence-electron chi connectivity index (χ4n) is 2.29. The third kappa shape index (κ3) is 4.29. The first-order valence-electron chi connectivity index (χ1n) is 6.21. The Bertz CT molecular complexity index is 440. The second kappa shape index (κ2) is 7.56. The number of pyridine rings is 1. The number of carboxylic acids is 2. The molecule has 0 spiro atoms. The summed E-state index contributed by atoms with van der Waals surface area (Å²) in [6.07, 6.45) is 5.01.